The van der Waals surface area contributed by atoms with Crippen LogP contribution >= 0.6 is 11.6 Å². The zero-order valence-corrected chi connectivity index (χ0v) is 11.0. The maximum absolute atomic E-state index is 6.12. The summed E-state index contributed by atoms with van der Waals surface area (Å²) in [6.07, 6.45) is 2.20. The number of hydrogen-bond acceptors (Lipinski definition) is 2. The summed E-state index contributed by atoms with van der Waals surface area (Å²) < 4.78 is 0. The highest BCUT2D eigenvalue weighted by Gasteiger charge is 2.13. The molecule has 0 heterocycles. The topological polar surface area (TPSA) is 38.0 Å². The summed E-state index contributed by atoms with van der Waals surface area (Å²) in [5.74, 6) is 6.26. The number of nitrogens with two attached hydrogens (primary N) is 1. The van der Waals surface area contributed by atoms with Crippen molar-refractivity contribution in [2.24, 2.45) is 11.8 Å². The molecule has 0 bridgehead atoms. The molecule has 0 aliphatic rings. The lowest BCUT2D eigenvalue weighted by Gasteiger charge is -2.20. The van der Waals surface area contributed by atoms with Gasteiger partial charge < -0.3 is 0 Å². The van der Waals surface area contributed by atoms with Gasteiger partial charge in [0.15, 0.2) is 0 Å². The minimum absolute atomic E-state index is 0.188. The van der Waals surface area contributed by atoms with Crippen LogP contribution in [0, 0.1) is 12.8 Å². The standard InChI is InChI=1S/C13H21ClN2/c1-4-9(2)7-13(16-15)11-6-5-10(3)12(14)8-11/h5-6,8-9,13,16H,4,7,15H2,1-3H3. The van der Waals surface area contributed by atoms with E-state index in [0.29, 0.717) is 5.92 Å². The van der Waals surface area contributed by atoms with Crippen LogP contribution in [0.15, 0.2) is 18.2 Å². The lowest BCUT2D eigenvalue weighted by Crippen LogP contribution is -2.29. The zero-order chi connectivity index (χ0) is 12.1. The summed E-state index contributed by atoms with van der Waals surface area (Å²) in [4.78, 5) is 0. The van der Waals surface area contributed by atoms with Crippen molar-refractivity contribution in [3.8, 4) is 0 Å². The second-order valence-electron chi connectivity index (χ2n) is 4.48. The molecule has 1 aromatic rings. The zero-order valence-electron chi connectivity index (χ0n) is 10.3. The first-order valence-corrected chi connectivity index (χ1v) is 6.18. The maximum Gasteiger partial charge on any atom is 0.0463 e. The quantitative estimate of drug-likeness (QED) is 0.610. The summed E-state index contributed by atoms with van der Waals surface area (Å²) in [5, 5.41) is 0.807. The predicted molar refractivity (Wildman–Crippen MR) is 70.3 cm³/mol. The molecule has 3 N–H and O–H groups in total. The molecule has 2 unspecified atom stereocenters. The maximum atomic E-state index is 6.12. The van der Waals surface area contributed by atoms with E-state index in [-0.39, 0.29) is 6.04 Å². The minimum Gasteiger partial charge on any atom is -0.271 e. The Labute approximate surface area is 103 Å². The Kier molecular flexibility index (Phi) is 5.26. The average Bonchev–Trinajstić information content (AvgIpc) is 2.29. The van der Waals surface area contributed by atoms with Crippen molar-refractivity contribution in [1.29, 1.82) is 0 Å². The van der Waals surface area contributed by atoms with E-state index < -0.39 is 0 Å². The van der Waals surface area contributed by atoms with Gasteiger partial charge in [0.2, 0.25) is 0 Å². The lowest BCUT2D eigenvalue weighted by molar-refractivity contribution is 0.408. The molecule has 0 radical (unpaired) electrons. The molecule has 0 aromatic heterocycles. The molecule has 90 valence electrons. The van der Waals surface area contributed by atoms with E-state index in [1.807, 2.05) is 19.1 Å². The van der Waals surface area contributed by atoms with Gasteiger partial charge in [-0.1, -0.05) is 44.0 Å². The third-order valence-electron chi connectivity index (χ3n) is 3.13. The highest BCUT2D eigenvalue weighted by molar-refractivity contribution is 6.31. The van der Waals surface area contributed by atoms with Crippen molar-refractivity contribution in [3.05, 3.63) is 34.3 Å². The van der Waals surface area contributed by atoms with Gasteiger partial charge in [0.05, 0.1) is 0 Å². The molecule has 1 aromatic carbocycles. The largest absolute Gasteiger partial charge is 0.271 e. The number of hydrazine groups is 1. The van der Waals surface area contributed by atoms with Gasteiger partial charge in [0.25, 0.3) is 0 Å². The van der Waals surface area contributed by atoms with Crippen LogP contribution in [-0.2, 0) is 0 Å². The van der Waals surface area contributed by atoms with Crippen LogP contribution in [0.4, 0.5) is 0 Å². The monoisotopic (exact) mass is 240 g/mol. The number of nitrogens with one attached hydrogen (secondary N) is 1. The second-order valence-corrected chi connectivity index (χ2v) is 4.88. The van der Waals surface area contributed by atoms with Crippen molar-refractivity contribution >= 4 is 11.6 Å². The Balaban J connectivity index is 2.82. The Morgan fingerprint density at radius 1 is 1.44 bits per heavy atom. The molecule has 1 rings (SSSR count). The van der Waals surface area contributed by atoms with Gasteiger partial charge in [0.1, 0.15) is 0 Å². The molecule has 0 saturated heterocycles. The molecule has 2 atom stereocenters. The van der Waals surface area contributed by atoms with E-state index in [4.69, 9.17) is 17.4 Å². The molecule has 2 nitrogen and oxygen atoms in total. The van der Waals surface area contributed by atoms with Gasteiger partial charge in [-0.15, -0.1) is 0 Å². The summed E-state index contributed by atoms with van der Waals surface area (Å²) in [7, 11) is 0. The first kappa shape index (κ1) is 13.5. The molecular weight excluding hydrogens is 220 g/mol. The molecule has 0 amide bonds. The van der Waals surface area contributed by atoms with Crippen molar-refractivity contribution in [3.63, 3.8) is 0 Å². The lowest BCUT2D eigenvalue weighted by atomic mass is 9.94. The molecular formula is C13H21ClN2. The normalized spacial score (nSPS) is 14.8. The van der Waals surface area contributed by atoms with Gasteiger partial charge in [-0.25, -0.2) is 0 Å². The number of aryl methyl sites for hydroxylation is 1. The molecule has 0 aliphatic carbocycles. The van der Waals surface area contributed by atoms with Crippen LogP contribution in [0.25, 0.3) is 0 Å². The molecule has 3 heteroatoms. The minimum atomic E-state index is 0.188. The first-order valence-electron chi connectivity index (χ1n) is 5.80. The van der Waals surface area contributed by atoms with Gasteiger partial charge in [-0.05, 0) is 36.5 Å². The SMILES string of the molecule is CCC(C)CC(NN)c1ccc(C)c(Cl)c1. The summed E-state index contributed by atoms with van der Waals surface area (Å²) >= 11 is 6.12. The molecule has 0 fully saturated rings. The molecule has 0 aliphatic heterocycles. The van der Waals surface area contributed by atoms with Crippen LogP contribution in [0.2, 0.25) is 5.02 Å². The molecule has 0 saturated carbocycles. The summed E-state index contributed by atoms with van der Waals surface area (Å²) in [5.41, 5.74) is 5.14. The number of benzene rings is 1. The number of rotatable bonds is 5. The van der Waals surface area contributed by atoms with Crippen LogP contribution in [-0.4, -0.2) is 0 Å². The van der Waals surface area contributed by atoms with Crippen LogP contribution in [0.5, 0.6) is 0 Å². The fraction of sp³-hybridized carbons (Fsp3) is 0.538. The fourth-order valence-electron chi connectivity index (χ4n) is 1.70. The predicted octanol–water partition coefficient (Wildman–Crippen LogP) is 3.59. The van der Waals surface area contributed by atoms with Gasteiger partial charge in [-0.2, -0.15) is 0 Å². The molecule has 16 heavy (non-hydrogen) atoms. The van der Waals surface area contributed by atoms with Crippen molar-refractivity contribution in [2.45, 2.75) is 39.7 Å². The van der Waals surface area contributed by atoms with Gasteiger partial charge in [0, 0.05) is 11.1 Å². The van der Waals surface area contributed by atoms with E-state index in [1.165, 1.54) is 5.56 Å². The van der Waals surface area contributed by atoms with Gasteiger partial charge >= 0.3 is 0 Å². The first-order chi connectivity index (χ1) is 7.58. The van der Waals surface area contributed by atoms with Crippen LogP contribution in [0.3, 0.4) is 0 Å². The number of halogens is 1. The Morgan fingerprint density at radius 2 is 2.12 bits per heavy atom. The second kappa shape index (κ2) is 6.24. The highest BCUT2D eigenvalue weighted by Crippen LogP contribution is 2.26. The highest BCUT2D eigenvalue weighted by atomic mass is 35.5. The average molecular weight is 241 g/mol. The van der Waals surface area contributed by atoms with Crippen molar-refractivity contribution < 1.29 is 0 Å². The van der Waals surface area contributed by atoms with Crippen molar-refractivity contribution in [2.75, 3.05) is 0 Å². The fourth-order valence-corrected chi connectivity index (χ4v) is 1.88. The third-order valence-corrected chi connectivity index (χ3v) is 3.54. The Bertz CT molecular complexity index is 339. The Hall–Kier alpha value is -0.570. The van der Waals surface area contributed by atoms with Crippen LogP contribution < -0.4 is 11.3 Å². The summed E-state index contributed by atoms with van der Waals surface area (Å²) in [6, 6.07) is 6.32. The molecule has 0 spiro atoms. The van der Waals surface area contributed by atoms with Gasteiger partial charge in [-0.3, -0.25) is 11.3 Å². The van der Waals surface area contributed by atoms with E-state index in [9.17, 15) is 0 Å². The van der Waals surface area contributed by atoms with Crippen LogP contribution in [0.1, 0.15) is 43.9 Å². The van der Waals surface area contributed by atoms with E-state index in [2.05, 4.69) is 25.3 Å². The number of hydrogen-bond donors (Lipinski definition) is 2. The van der Waals surface area contributed by atoms with E-state index in [0.717, 1.165) is 23.4 Å². The summed E-state index contributed by atoms with van der Waals surface area (Å²) in [6.45, 7) is 6.44. The van der Waals surface area contributed by atoms with Crippen molar-refractivity contribution in [1.82, 2.24) is 5.43 Å². The third kappa shape index (κ3) is 3.48. The Morgan fingerprint density at radius 3 is 2.62 bits per heavy atom. The smallest absolute Gasteiger partial charge is 0.0463 e. The van der Waals surface area contributed by atoms with E-state index in [1.54, 1.807) is 0 Å². The van der Waals surface area contributed by atoms with E-state index >= 15 is 0 Å².